The second-order valence-corrected chi connectivity index (χ2v) is 3.73. The molecule has 0 radical (unpaired) electrons. The van der Waals surface area contributed by atoms with Crippen LogP contribution in [0, 0.1) is 5.92 Å². The Morgan fingerprint density at radius 1 is 1.69 bits per heavy atom. The van der Waals surface area contributed by atoms with Gasteiger partial charge in [0.2, 0.25) is 5.90 Å². The van der Waals surface area contributed by atoms with E-state index in [9.17, 15) is 4.79 Å². The van der Waals surface area contributed by atoms with Crippen molar-refractivity contribution in [3.63, 3.8) is 0 Å². The Hall–Kier alpha value is -1.62. The lowest BCUT2D eigenvalue weighted by Crippen LogP contribution is -2.30. The van der Waals surface area contributed by atoms with Crippen LogP contribution in [0.4, 0.5) is 0 Å². The highest BCUT2D eigenvalue weighted by Crippen LogP contribution is 2.23. The lowest BCUT2D eigenvalue weighted by molar-refractivity contribution is -0.135. The van der Waals surface area contributed by atoms with Crippen LogP contribution in [0.25, 0.3) is 0 Å². The quantitative estimate of drug-likeness (QED) is 0.706. The smallest absolute Gasteiger partial charge is 0.337 e. The van der Waals surface area contributed by atoms with E-state index in [-0.39, 0.29) is 18.1 Å². The summed E-state index contributed by atoms with van der Waals surface area (Å²) < 4.78 is 4.68. The number of hydrogen-bond donors (Lipinski definition) is 1. The normalized spacial score (nSPS) is 28.1. The lowest BCUT2D eigenvalue weighted by atomic mass is 9.94. The molecule has 2 aliphatic rings. The van der Waals surface area contributed by atoms with Crippen molar-refractivity contribution < 1.29 is 14.4 Å². The number of nitrogens with zero attached hydrogens (tertiary/aromatic N) is 1. The number of hydroxylamine groups is 1. The summed E-state index contributed by atoms with van der Waals surface area (Å²) in [6.45, 7) is 1.79. The van der Waals surface area contributed by atoms with Gasteiger partial charge in [-0.05, 0) is 6.42 Å². The molecule has 2 unspecified atom stereocenters. The molecule has 1 aliphatic heterocycles. The summed E-state index contributed by atoms with van der Waals surface area (Å²) in [4.78, 5) is 20.7. The molecular weight excluding hydrogens is 208 g/mol. The molecule has 1 N–H and O–H groups in total. The largest absolute Gasteiger partial charge is 0.465 e. The van der Waals surface area contributed by atoms with Gasteiger partial charge in [-0.1, -0.05) is 18.2 Å². The van der Waals surface area contributed by atoms with Gasteiger partial charge < -0.3 is 9.57 Å². The Balaban J connectivity index is 2.10. The zero-order valence-corrected chi connectivity index (χ0v) is 9.27. The van der Waals surface area contributed by atoms with E-state index < -0.39 is 0 Å². The Labute approximate surface area is 93.8 Å². The van der Waals surface area contributed by atoms with Gasteiger partial charge in [-0.3, -0.25) is 0 Å². The van der Waals surface area contributed by atoms with Crippen LogP contribution in [0.3, 0.4) is 0 Å². The van der Waals surface area contributed by atoms with E-state index in [1.807, 2.05) is 12.2 Å². The first-order valence-corrected chi connectivity index (χ1v) is 5.14. The number of rotatable bonds is 2. The third kappa shape index (κ3) is 2.14. The summed E-state index contributed by atoms with van der Waals surface area (Å²) in [5, 5.41) is 0. The first kappa shape index (κ1) is 10.9. The van der Waals surface area contributed by atoms with Gasteiger partial charge in [-0.15, -0.1) is 5.48 Å². The topological polar surface area (TPSA) is 59.9 Å². The zero-order chi connectivity index (χ0) is 11.5. The molecular formula is C11H14N2O3. The second-order valence-electron chi connectivity index (χ2n) is 3.73. The molecule has 2 atom stereocenters. The molecule has 86 valence electrons. The van der Waals surface area contributed by atoms with Crippen LogP contribution >= 0.6 is 0 Å². The number of methoxy groups -OCH3 is 1. The maximum atomic E-state index is 11.4. The molecule has 2 rings (SSSR count). The molecule has 0 saturated heterocycles. The molecule has 0 aromatic carbocycles. The molecule has 0 amide bonds. The average molecular weight is 222 g/mol. The number of nitrogens with one attached hydrogen (secondary N) is 1. The van der Waals surface area contributed by atoms with Crippen LogP contribution in [0.15, 0.2) is 28.8 Å². The number of allylic oxidation sites excluding steroid dienone is 1. The van der Waals surface area contributed by atoms with Crippen molar-refractivity contribution in [2.75, 3.05) is 7.11 Å². The molecule has 0 aromatic heterocycles. The number of carbonyl (C=O) groups excluding carboxylic acids is 1. The highest BCUT2D eigenvalue weighted by atomic mass is 16.7. The SMILES string of the molecule is COC(=O)C1=CC(C2N=C(C)ON2)CC=C1. The maximum absolute atomic E-state index is 11.4. The number of esters is 1. The third-order valence-electron chi connectivity index (χ3n) is 2.57. The van der Waals surface area contributed by atoms with E-state index in [1.165, 1.54) is 7.11 Å². The molecule has 1 heterocycles. The number of aliphatic imine (C=N–C) groups is 1. The second kappa shape index (κ2) is 4.49. The van der Waals surface area contributed by atoms with Gasteiger partial charge in [-0.25, -0.2) is 9.79 Å². The number of ether oxygens (including phenoxy) is 1. The van der Waals surface area contributed by atoms with Gasteiger partial charge in [0.1, 0.15) is 6.17 Å². The molecule has 0 saturated carbocycles. The van der Waals surface area contributed by atoms with Gasteiger partial charge in [0.15, 0.2) is 0 Å². The van der Waals surface area contributed by atoms with E-state index in [0.29, 0.717) is 11.5 Å². The summed E-state index contributed by atoms with van der Waals surface area (Å²) in [6.07, 6.45) is 6.30. The van der Waals surface area contributed by atoms with Crippen LogP contribution in [-0.2, 0) is 14.4 Å². The number of carbonyl (C=O) groups is 1. The van der Waals surface area contributed by atoms with E-state index in [2.05, 4.69) is 15.2 Å². The molecule has 0 bridgehead atoms. The van der Waals surface area contributed by atoms with Gasteiger partial charge in [-0.2, -0.15) is 0 Å². The van der Waals surface area contributed by atoms with Crippen molar-refractivity contribution in [1.82, 2.24) is 5.48 Å². The summed E-state index contributed by atoms with van der Waals surface area (Å²) in [5.74, 6) is 0.421. The van der Waals surface area contributed by atoms with Crippen molar-refractivity contribution in [2.45, 2.75) is 19.5 Å². The first-order chi connectivity index (χ1) is 7.70. The van der Waals surface area contributed by atoms with E-state index >= 15 is 0 Å². The summed E-state index contributed by atoms with van der Waals surface area (Å²) >= 11 is 0. The predicted molar refractivity (Wildman–Crippen MR) is 58.5 cm³/mol. The van der Waals surface area contributed by atoms with Crippen molar-refractivity contribution >= 4 is 11.9 Å². The molecule has 1 aliphatic carbocycles. The van der Waals surface area contributed by atoms with Crippen molar-refractivity contribution in [3.05, 3.63) is 23.8 Å². The van der Waals surface area contributed by atoms with Crippen molar-refractivity contribution in [1.29, 1.82) is 0 Å². The maximum Gasteiger partial charge on any atom is 0.337 e. The Morgan fingerprint density at radius 2 is 2.50 bits per heavy atom. The van der Waals surface area contributed by atoms with E-state index in [4.69, 9.17) is 4.84 Å². The minimum absolute atomic E-state index is 0.121. The molecule has 5 nitrogen and oxygen atoms in total. The van der Waals surface area contributed by atoms with Gasteiger partial charge in [0.05, 0.1) is 12.7 Å². The third-order valence-corrected chi connectivity index (χ3v) is 2.57. The Morgan fingerprint density at radius 3 is 3.12 bits per heavy atom. The fourth-order valence-electron chi connectivity index (χ4n) is 1.76. The van der Waals surface area contributed by atoms with E-state index in [0.717, 1.165) is 6.42 Å². The molecule has 5 heteroatoms. The standard InChI is InChI=1S/C11H14N2O3/c1-7-12-10(13-16-7)8-4-3-5-9(6-8)11(14)15-2/h3,5-6,8,10,13H,4H2,1-2H3. The van der Waals surface area contributed by atoms with Gasteiger partial charge >= 0.3 is 5.97 Å². The van der Waals surface area contributed by atoms with Crippen LogP contribution in [0.5, 0.6) is 0 Å². The van der Waals surface area contributed by atoms with Gasteiger partial charge in [0.25, 0.3) is 0 Å². The van der Waals surface area contributed by atoms with Crippen molar-refractivity contribution in [3.8, 4) is 0 Å². The summed E-state index contributed by atoms with van der Waals surface area (Å²) in [5.41, 5.74) is 3.39. The minimum Gasteiger partial charge on any atom is -0.465 e. The van der Waals surface area contributed by atoms with Crippen LogP contribution < -0.4 is 5.48 Å². The monoisotopic (exact) mass is 222 g/mol. The fourth-order valence-corrected chi connectivity index (χ4v) is 1.76. The van der Waals surface area contributed by atoms with Crippen LogP contribution in [-0.4, -0.2) is 25.1 Å². The number of hydrogen-bond acceptors (Lipinski definition) is 5. The van der Waals surface area contributed by atoms with Crippen LogP contribution in [0.2, 0.25) is 0 Å². The molecule has 0 aromatic rings. The fraction of sp³-hybridized carbons (Fsp3) is 0.455. The Bertz CT molecular complexity index is 385. The summed E-state index contributed by atoms with van der Waals surface area (Å²) in [6, 6.07) is 0. The minimum atomic E-state index is -0.319. The lowest BCUT2D eigenvalue weighted by Gasteiger charge is -2.18. The predicted octanol–water partition coefficient (Wildman–Crippen LogP) is 0.941. The van der Waals surface area contributed by atoms with Crippen LogP contribution in [0.1, 0.15) is 13.3 Å². The molecule has 16 heavy (non-hydrogen) atoms. The highest BCUT2D eigenvalue weighted by Gasteiger charge is 2.26. The molecule has 0 spiro atoms. The zero-order valence-electron chi connectivity index (χ0n) is 9.27. The average Bonchev–Trinajstić information content (AvgIpc) is 2.75. The van der Waals surface area contributed by atoms with Crippen molar-refractivity contribution in [2.24, 2.45) is 10.9 Å². The van der Waals surface area contributed by atoms with E-state index in [1.54, 1.807) is 13.0 Å². The van der Waals surface area contributed by atoms with Gasteiger partial charge in [0, 0.05) is 12.8 Å². The summed E-state index contributed by atoms with van der Waals surface area (Å²) in [7, 11) is 1.37. The molecule has 0 fully saturated rings. The Kier molecular flexibility index (Phi) is 3.05. The first-order valence-electron chi connectivity index (χ1n) is 5.14. The highest BCUT2D eigenvalue weighted by molar-refractivity contribution is 5.91.